The third-order valence-corrected chi connectivity index (χ3v) is 8.95. The molecule has 14 heteroatoms. The fourth-order valence-electron chi connectivity index (χ4n) is 4.50. The number of aromatic nitrogens is 6. The van der Waals surface area contributed by atoms with Gasteiger partial charge in [-0.15, -0.1) is 0 Å². The number of methoxy groups -OCH3 is 2. The van der Waals surface area contributed by atoms with Crippen LogP contribution in [-0.4, -0.2) is 70.4 Å². The molecule has 0 saturated carbocycles. The lowest BCUT2D eigenvalue weighted by atomic mass is 10.1. The third-order valence-electron chi connectivity index (χ3n) is 6.90. The molecule has 5 rings (SSSR count). The Hall–Kier alpha value is -4.30. The number of benzene rings is 1. The van der Waals surface area contributed by atoms with Gasteiger partial charge in [-0.25, -0.2) is 27.4 Å². The average molecular weight is 639 g/mol. The Morgan fingerprint density at radius 2 is 1.30 bits per heavy atom. The fraction of sp³-hybridized carbons (Fsp3) is 0.333. The van der Waals surface area contributed by atoms with E-state index in [0.29, 0.717) is 10.9 Å². The lowest BCUT2D eigenvalue weighted by Crippen LogP contribution is -2.37. The SMILES string of the molecule is COC(=O)C(C)(C)n1nc(S(C)(=O)=O)c2ccncc21.COC(=O)C(C)(C)n1nc(SCc2ccccc2)c2ccncc21. The molecule has 0 aliphatic rings. The van der Waals surface area contributed by atoms with Crippen LogP contribution in [0.1, 0.15) is 33.3 Å². The molecule has 0 saturated heterocycles. The van der Waals surface area contributed by atoms with Gasteiger partial charge in [0.1, 0.15) is 5.03 Å². The van der Waals surface area contributed by atoms with Crippen LogP contribution in [0.25, 0.3) is 21.8 Å². The molecule has 5 aromatic rings. The molecule has 0 aliphatic carbocycles. The highest BCUT2D eigenvalue weighted by atomic mass is 32.2. The first-order chi connectivity index (χ1) is 20.7. The van der Waals surface area contributed by atoms with Gasteiger partial charge in [-0.05, 0) is 45.4 Å². The zero-order valence-electron chi connectivity index (χ0n) is 25.5. The van der Waals surface area contributed by atoms with Gasteiger partial charge < -0.3 is 9.47 Å². The fourth-order valence-corrected chi connectivity index (χ4v) is 6.27. The van der Waals surface area contributed by atoms with Crippen molar-refractivity contribution in [2.45, 2.75) is 54.6 Å². The van der Waals surface area contributed by atoms with Crippen molar-refractivity contribution in [3.8, 4) is 0 Å². The van der Waals surface area contributed by atoms with E-state index in [1.807, 2.05) is 24.3 Å². The number of ether oxygens (including phenoxy) is 2. The Morgan fingerprint density at radius 1 is 0.795 bits per heavy atom. The summed E-state index contributed by atoms with van der Waals surface area (Å²) in [5.74, 6) is -0.0466. The van der Waals surface area contributed by atoms with E-state index in [2.05, 4.69) is 32.3 Å². The quantitative estimate of drug-likeness (QED) is 0.176. The number of carbonyl (C=O) groups is 2. The molecule has 0 bridgehead atoms. The lowest BCUT2D eigenvalue weighted by molar-refractivity contribution is -0.150. The number of esters is 2. The first-order valence-electron chi connectivity index (χ1n) is 13.4. The molecule has 1 aromatic carbocycles. The zero-order chi connectivity index (χ0) is 32.3. The van der Waals surface area contributed by atoms with Gasteiger partial charge >= 0.3 is 11.9 Å². The summed E-state index contributed by atoms with van der Waals surface area (Å²) < 4.78 is 36.3. The molecule has 0 radical (unpaired) electrons. The second-order valence-corrected chi connectivity index (χ2v) is 13.8. The van der Waals surface area contributed by atoms with Gasteiger partial charge in [-0.1, -0.05) is 42.1 Å². The number of hydrogen-bond donors (Lipinski definition) is 0. The van der Waals surface area contributed by atoms with Crippen molar-refractivity contribution in [1.82, 2.24) is 29.5 Å². The second-order valence-electron chi connectivity index (χ2n) is 10.9. The number of carbonyl (C=O) groups excluding carboxylic acids is 2. The van der Waals surface area contributed by atoms with Crippen molar-refractivity contribution in [2.24, 2.45) is 0 Å². The van der Waals surface area contributed by atoms with Gasteiger partial charge in [0.2, 0.25) is 0 Å². The van der Waals surface area contributed by atoms with Gasteiger partial charge in [0.05, 0.1) is 37.6 Å². The van der Waals surface area contributed by atoms with Gasteiger partial charge in [0.15, 0.2) is 25.9 Å². The minimum absolute atomic E-state index is 0.0770. The Bertz CT molecular complexity index is 1920. The van der Waals surface area contributed by atoms with Gasteiger partial charge in [0.25, 0.3) is 0 Å². The maximum Gasteiger partial charge on any atom is 0.333 e. The molecular formula is C30H34N6O6S2. The highest BCUT2D eigenvalue weighted by molar-refractivity contribution is 7.98. The maximum absolute atomic E-state index is 12.2. The molecule has 0 aliphatic heterocycles. The number of rotatable bonds is 8. The molecule has 232 valence electrons. The monoisotopic (exact) mass is 638 g/mol. The van der Waals surface area contributed by atoms with Crippen molar-refractivity contribution >= 4 is 55.3 Å². The molecule has 44 heavy (non-hydrogen) atoms. The smallest absolute Gasteiger partial charge is 0.333 e. The highest BCUT2D eigenvalue weighted by Gasteiger charge is 2.36. The van der Waals surface area contributed by atoms with Crippen LogP contribution in [-0.2, 0) is 45.7 Å². The Balaban J connectivity index is 0.000000204. The van der Waals surface area contributed by atoms with E-state index in [9.17, 15) is 18.0 Å². The summed E-state index contributed by atoms with van der Waals surface area (Å²) in [6.07, 6.45) is 7.51. The standard InChI is InChI=1S/C18H19N3O2S.C12H15N3O4S/c1-18(2,17(22)23-3)21-15-11-19-10-9-14(15)16(20-21)24-12-13-7-5-4-6-8-13;1-12(2,11(16)19-3)15-9-7-13-6-5-8(9)10(14-15)20(4,17)18/h4-11H,12H2,1-3H3;5-7H,1-4H3. The third kappa shape index (κ3) is 6.45. The summed E-state index contributed by atoms with van der Waals surface area (Å²) in [5, 5.41) is 11.0. The largest absolute Gasteiger partial charge is 0.467 e. The Morgan fingerprint density at radius 3 is 1.82 bits per heavy atom. The predicted octanol–water partition coefficient (Wildman–Crippen LogP) is 4.37. The van der Waals surface area contributed by atoms with Crippen LogP contribution in [0.2, 0.25) is 0 Å². The Kier molecular flexibility index (Phi) is 9.44. The number of nitrogens with zero attached hydrogens (tertiary/aromatic N) is 6. The van der Waals surface area contributed by atoms with E-state index in [4.69, 9.17) is 9.47 Å². The topological polar surface area (TPSA) is 148 Å². The zero-order valence-corrected chi connectivity index (χ0v) is 27.1. The summed E-state index contributed by atoms with van der Waals surface area (Å²) in [6.45, 7) is 6.79. The minimum atomic E-state index is -3.51. The summed E-state index contributed by atoms with van der Waals surface area (Å²) >= 11 is 1.65. The van der Waals surface area contributed by atoms with Crippen LogP contribution in [0.3, 0.4) is 0 Å². The molecule has 0 N–H and O–H groups in total. The van der Waals surface area contributed by atoms with E-state index in [1.54, 1.807) is 62.6 Å². The normalized spacial score (nSPS) is 12.1. The second kappa shape index (κ2) is 12.7. The van der Waals surface area contributed by atoms with E-state index >= 15 is 0 Å². The first-order valence-corrected chi connectivity index (χ1v) is 16.3. The molecule has 0 amide bonds. The summed E-state index contributed by atoms with van der Waals surface area (Å²) in [6, 6.07) is 13.7. The number of thioether (sulfide) groups is 1. The van der Waals surface area contributed by atoms with Crippen LogP contribution in [0.5, 0.6) is 0 Å². The van der Waals surface area contributed by atoms with Crippen LogP contribution in [0, 0.1) is 0 Å². The van der Waals surface area contributed by atoms with Gasteiger partial charge in [0, 0.05) is 35.2 Å². The van der Waals surface area contributed by atoms with Crippen molar-refractivity contribution in [3.63, 3.8) is 0 Å². The van der Waals surface area contributed by atoms with Crippen molar-refractivity contribution in [1.29, 1.82) is 0 Å². The number of sulfone groups is 1. The molecule has 0 spiro atoms. The van der Waals surface area contributed by atoms with Crippen molar-refractivity contribution < 1.29 is 27.5 Å². The number of fused-ring (bicyclic) bond motifs is 2. The van der Waals surface area contributed by atoms with E-state index in [1.165, 1.54) is 36.9 Å². The lowest BCUT2D eigenvalue weighted by Gasteiger charge is -2.22. The number of hydrogen-bond acceptors (Lipinski definition) is 11. The molecule has 0 unspecified atom stereocenters. The summed E-state index contributed by atoms with van der Waals surface area (Å²) in [4.78, 5) is 32.2. The number of pyridine rings is 2. The van der Waals surface area contributed by atoms with E-state index in [0.717, 1.165) is 27.9 Å². The minimum Gasteiger partial charge on any atom is -0.467 e. The molecule has 4 aromatic heterocycles. The van der Waals surface area contributed by atoms with E-state index in [-0.39, 0.29) is 11.0 Å². The molecule has 4 heterocycles. The summed E-state index contributed by atoms with van der Waals surface area (Å²) in [7, 11) is -0.856. The van der Waals surface area contributed by atoms with E-state index < -0.39 is 26.9 Å². The van der Waals surface area contributed by atoms with Crippen LogP contribution >= 0.6 is 11.8 Å². The molecule has 0 atom stereocenters. The van der Waals surface area contributed by atoms with Gasteiger partial charge in [-0.2, -0.15) is 10.2 Å². The van der Waals surface area contributed by atoms with Crippen molar-refractivity contribution in [3.05, 3.63) is 72.8 Å². The van der Waals surface area contributed by atoms with Crippen molar-refractivity contribution in [2.75, 3.05) is 20.5 Å². The predicted molar refractivity (Wildman–Crippen MR) is 167 cm³/mol. The highest BCUT2D eigenvalue weighted by Crippen LogP contribution is 2.33. The molecule has 12 nitrogen and oxygen atoms in total. The summed E-state index contributed by atoms with van der Waals surface area (Å²) in [5.41, 5.74) is 0.471. The van der Waals surface area contributed by atoms with Crippen LogP contribution in [0.4, 0.5) is 0 Å². The Labute approximate surface area is 259 Å². The van der Waals surface area contributed by atoms with Crippen LogP contribution < -0.4 is 0 Å². The first kappa shape index (κ1) is 32.6. The van der Waals surface area contributed by atoms with Crippen LogP contribution in [0.15, 0.2) is 77.3 Å². The average Bonchev–Trinajstić information content (AvgIpc) is 3.60. The molecule has 0 fully saturated rings. The molecular weight excluding hydrogens is 605 g/mol. The maximum atomic E-state index is 12.2. The van der Waals surface area contributed by atoms with Gasteiger partial charge in [-0.3, -0.25) is 9.97 Å².